The Labute approximate surface area is 108 Å². The first-order chi connectivity index (χ1) is 8.69. The van der Waals surface area contributed by atoms with Gasteiger partial charge in [0.1, 0.15) is 0 Å². The number of nitrogens with one attached hydrogen (secondary N) is 1. The van der Waals surface area contributed by atoms with E-state index in [-0.39, 0.29) is 6.04 Å². The predicted octanol–water partition coefficient (Wildman–Crippen LogP) is 2.60. The van der Waals surface area contributed by atoms with Crippen molar-refractivity contribution < 1.29 is 0 Å². The molecule has 0 aliphatic rings. The van der Waals surface area contributed by atoms with Crippen LogP contribution in [-0.4, -0.2) is 17.0 Å². The summed E-state index contributed by atoms with van der Waals surface area (Å²) in [7, 11) is 1.96. The van der Waals surface area contributed by atoms with E-state index in [4.69, 9.17) is 0 Å². The zero-order valence-corrected chi connectivity index (χ0v) is 11.1. The standard InChI is InChI=1S/C15H19N3/c1-11-5-4-6-13(7-11)8-14(16-3)15-10-17-12(2)9-18-15/h4-7,9-10,14,16H,8H2,1-3H3. The number of hydrogen-bond donors (Lipinski definition) is 1. The molecule has 3 nitrogen and oxygen atoms in total. The van der Waals surface area contributed by atoms with Gasteiger partial charge in [-0.2, -0.15) is 0 Å². The molecule has 1 aromatic carbocycles. The maximum atomic E-state index is 4.44. The Morgan fingerprint density at radius 3 is 2.61 bits per heavy atom. The third-order valence-corrected chi connectivity index (χ3v) is 3.03. The summed E-state index contributed by atoms with van der Waals surface area (Å²) in [4.78, 5) is 8.75. The lowest BCUT2D eigenvalue weighted by Gasteiger charge is -2.15. The molecule has 1 heterocycles. The van der Waals surface area contributed by atoms with Crippen molar-refractivity contribution in [2.45, 2.75) is 26.3 Å². The Kier molecular flexibility index (Phi) is 4.05. The molecule has 0 aliphatic heterocycles. The maximum absolute atomic E-state index is 4.44. The van der Waals surface area contributed by atoms with Gasteiger partial charge < -0.3 is 5.32 Å². The fourth-order valence-corrected chi connectivity index (χ4v) is 2.01. The van der Waals surface area contributed by atoms with Gasteiger partial charge in [0.2, 0.25) is 0 Å². The predicted molar refractivity (Wildman–Crippen MR) is 73.5 cm³/mol. The molecule has 0 saturated carbocycles. The van der Waals surface area contributed by atoms with Crippen LogP contribution >= 0.6 is 0 Å². The zero-order chi connectivity index (χ0) is 13.0. The molecule has 0 aliphatic carbocycles. The van der Waals surface area contributed by atoms with Crippen LogP contribution in [0.15, 0.2) is 36.7 Å². The summed E-state index contributed by atoms with van der Waals surface area (Å²) in [5.74, 6) is 0. The first kappa shape index (κ1) is 12.7. The second-order valence-electron chi connectivity index (χ2n) is 4.62. The van der Waals surface area contributed by atoms with Gasteiger partial charge in [-0.1, -0.05) is 29.8 Å². The molecule has 0 bridgehead atoms. The number of benzene rings is 1. The molecule has 0 spiro atoms. The molecule has 2 rings (SSSR count). The van der Waals surface area contributed by atoms with Crippen LogP contribution in [0.25, 0.3) is 0 Å². The lowest BCUT2D eigenvalue weighted by atomic mass is 10.0. The number of aromatic nitrogens is 2. The number of likely N-dealkylation sites (N-methyl/N-ethyl adjacent to an activating group) is 1. The lowest BCUT2D eigenvalue weighted by Crippen LogP contribution is -2.20. The molecule has 1 aromatic heterocycles. The van der Waals surface area contributed by atoms with Crippen LogP contribution in [0, 0.1) is 13.8 Å². The topological polar surface area (TPSA) is 37.8 Å². The van der Waals surface area contributed by atoms with Gasteiger partial charge in [0, 0.05) is 6.20 Å². The average molecular weight is 241 g/mol. The van der Waals surface area contributed by atoms with Crippen LogP contribution in [0.3, 0.4) is 0 Å². The molecule has 0 amide bonds. The molecule has 0 radical (unpaired) electrons. The van der Waals surface area contributed by atoms with E-state index in [0.29, 0.717) is 0 Å². The first-order valence-electron chi connectivity index (χ1n) is 6.20. The highest BCUT2D eigenvalue weighted by molar-refractivity contribution is 5.24. The van der Waals surface area contributed by atoms with Gasteiger partial charge in [-0.25, -0.2) is 0 Å². The maximum Gasteiger partial charge on any atom is 0.0759 e. The molecule has 18 heavy (non-hydrogen) atoms. The Hall–Kier alpha value is -1.74. The van der Waals surface area contributed by atoms with E-state index in [0.717, 1.165) is 17.8 Å². The van der Waals surface area contributed by atoms with Gasteiger partial charge in [-0.15, -0.1) is 0 Å². The minimum atomic E-state index is 0.208. The summed E-state index contributed by atoms with van der Waals surface area (Å²) < 4.78 is 0. The summed E-state index contributed by atoms with van der Waals surface area (Å²) in [6.07, 6.45) is 4.60. The van der Waals surface area contributed by atoms with Crippen molar-refractivity contribution in [3.05, 3.63) is 59.2 Å². The van der Waals surface area contributed by atoms with E-state index in [9.17, 15) is 0 Å². The van der Waals surface area contributed by atoms with Crippen LogP contribution in [0.4, 0.5) is 0 Å². The summed E-state index contributed by atoms with van der Waals surface area (Å²) in [6.45, 7) is 4.06. The highest BCUT2D eigenvalue weighted by Gasteiger charge is 2.11. The zero-order valence-electron chi connectivity index (χ0n) is 11.1. The Balaban J connectivity index is 2.17. The van der Waals surface area contributed by atoms with Crippen molar-refractivity contribution in [3.63, 3.8) is 0 Å². The largest absolute Gasteiger partial charge is 0.311 e. The van der Waals surface area contributed by atoms with Gasteiger partial charge >= 0.3 is 0 Å². The second-order valence-corrected chi connectivity index (χ2v) is 4.62. The molecular weight excluding hydrogens is 222 g/mol. The Morgan fingerprint density at radius 1 is 1.17 bits per heavy atom. The Morgan fingerprint density at radius 2 is 2.00 bits per heavy atom. The SMILES string of the molecule is CNC(Cc1cccc(C)c1)c1cnc(C)cn1. The van der Waals surface area contributed by atoms with Crippen molar-refractivity contribution in [2.24, 2.45) is 0 Å². The third-order valence-electron chi connectivity index (χ3n) is 3.03. The second kappa shape index (κ2) is 5.74. The fourth-order valence-electron chi connectivity index (χ4n) is 2.01. The molecular formula is C15H19N3. The van der Waals surface area contributed by atoms with Crippen molar-refractivity contribution in [1.29, 1.82) is 0 Å². The van der Waals surface area contributed by atoms with Crippen molar-refractivity contribution in [3.8, 4) is 0 Å². The molecule has 2 aromatic rings. The monoisotopic (exact) mass is 241 g/mol. The van der Waals surface area contributed by atoms with Crippen LogP contribution in [0.1, 0.15) is 28.6 Å². The van der Waals surface area contributed by atoms with Gasteiger partial charge in [0.25, 0.3) is 0 Å². The number of hydrogen-bond acceptors (Lipinski definition) is 3. The van der Waals surface area contributed by atoms with E-state index in [1.165, 1.54) is 11.1 Å². The average Bonchev–Trinajstić information content (AvgIpc) is 2.37. The molecule has 1 N–H and O–H groups in total. The normalized spacial score (nSPS) is 12.4. The molecule has 1 atom stereocenters. The van der Waals surface area contributed by atoms with E-state index in [1.54, 1.807) is 0 Å². The molecule has 0 fully saturated rings. The smallest absolute Gasteiger partial charge is 0.0759 e. The van der Waals surface area contributed by atoms with Crippen LogP contribution in [0.5, 0.6) is 0 Å². The van der Waals surface area contributed by atoms with E-state index >= 15 is 0 Å². The molecule has 94 valence electrons. The van der Waals surface area contributed by atoms with Crippen LogP contribution < -0.4 is 5.32 Å². The molecule has 1 unspecified atom stereocenters. The van der Waals surface area contributed by atoms with Crippen molar-refractivity contribution in [2.75, 3.05) is 7.05 Å². The van der Waals surface area contributed by atoms with Gasteiger partial charge in [0.15, 0.2) is 0 Å². The van der Waals surface area contributed by atoms with Crippen LogP contribution in [0.2, 0.25) is 0 Å². The van der Waals surface area contributed by atoms with Gasteiger partial charge in [-0.3, -0.25) is 9.97 Å². The first-order valence-corrected chi connectivity index (χ1v) is 6.20. The van der Waals surface area contributed by atoms with E-state index in [1.807, 2.05) is 26.4 Å². The fraction of sp³-hybridized carbons (Fsp3) is 0.333. The van der Waals surface area contributed by atoms with E-state index in [2.05, 4.69) is 46.5 Å². The summed E-state index contributed by atoms with van der Waals surface area (Å²) in [5, 5.41) is 3.30. The van der Waals surface area contributed by atoms with Crippen LogP contribution in [-0.2, 0) is 6.42 Å². The number of nitrogens with zero attached hydrogens (tertiary/aromatic N) is 2. The van der Waals surface area contributed by atoms with Gasteiger partial charge in [-0.05, 0) is 32.9 Å². The molecule has 0 saturated heterocycles. The molecule has 3 heteroatoms. The highest BCUT2D eigenvalue weighted by atomic mass is 14.9. The minimum absolute atomic E-state index is 0.208. The highest BCUT2D eigenvalue weighted by Crippen LogP contribution is 2.16. The Bertz CT molecular complexity index is 505. The lowest BCUT2D eigenvalue weighted by molar-refractivity contribution is 0.572. The summed E-state index contributed by atoms with van der Waals surface area (Å²) in [6, 6.07) is 8.78. The van der Waals surface area contributed by atoms with Gasteiger partial charge in [0.05, 0.1) is 23.6 Å². The number of aryl methyl sites for hydroxylation is 2. The minimum Gasteiger partial charge on any atom is -0.311 e. The van der Waals surface area contributed by atoms with E-state index < -0.39 is 0 Å². The summed E-state index contributed by atoms with van der Waals surface area (Å²) >= 11 is 0. The third kappa shape index (κ3) is 3.14. The van der Waals surface area contributed by atoms with Crippen molar-refractivity contribution in [1.82, 2.24) is 15.3 Å². The summed E-state index contributed by atoms with van der Waals surface area (Å²) in [5.41, 5.74) is 4.54. The number of rotatable bonds is 4. The quantitative estimate of drug-likeness (QED) is 0.894. The van der Waals surface area contributed by atoms with Crippen molar-refractivity contribution >= 4 is 0 Å².